The van der Waals surface area contributed by atoms with Gasteiger partial charge in [-0.15, -0.1) is 11.3 Å². The minimum atomic E-state index is -0.789. The molecule has 27 heavy (non-hydrogen) atoms. The molecule has 7 nitrogen and oxygen atoms in total. The molecule has 8 heteroatoms. The number of aromatic nitrogens is 1. The molecule has 0 aliphatic heterocycles. The first-order valence-electron chi connectivity index (χ1n) is 8.47. The number of nitrogens with zero attached hydrogens (tertiary/aromatic N) is 1. The van der Waals surface area contributed by atoms with Crippen LogP contribution in [0.15, 0.2) is 42.5 Å². The molecule has 6 N–H and O–H groups in total. The number of anilines is 1. The summed E-state index contributed by atoms with van der Waals surface area (Å²) in [6.45, 7) is 2.23. The number of rotatable bonds is 6. The van der Waals surface area contributed by atoms with Crippen molar-refractivity contribution in [2.24, 2.45) is 11.5 Å². The van der Waals surface area contributed by atoms with Gasteiger partial charge in [-0.05, 0) is 36.8 Å². The third kappa shape index (κ3) is 4.48. The van der Waals surface area contributed by atoms with Crippen LogP contribution in [-0.4, -0.2) is 29.4 Å². The van der Waals surface area contributed by atoms with Gasteiger partial charge in [-0.2, -0.15) is 0 Å². The third-order valence-electron chi connectivity index (χ3n) is 4.08. The number of hydrogen-bond donors (Lipinski definition) is 4. The minimum absolute atomic E-state index is 0.0488. The summed E-state index contributed by atoms with van der Waals surface area (Å²) in [6.07, 6.45) is 0. The highest BCUT2D eigenvalue weighted by Gasteiger charge is 2.15. The van der Waals surface area contributed by atoms with Crippen molar-refractivity contribution in [3.63, 3.8) is 0 Å². The normalized spacial score (nSPS) is 12.0. The SMILES string of the molecule is Cc1ccc(NC(=O)[C@@H](N)CN)cc1C(=O)NCc1nc2ccccc2s1. The molecule has 0 aliphatic carbocycles. The van der Waals surface area contributed by atoms with Gasteiger partial charge >= 0.3 is 0 Å². The average molecular weight is 383 g/mol. The lowest BCUT2D eigenvalue weighted by molar-refractivity contribution is -0.117. The van der Waals surface area contributed by atoms with Gasteiger partial charge < -0.3 is 22.1 Å². The summed E-state index contributed by atoms with van der Waals surface area (Å²) in [5.41, 5.74) is 13.7. The molecule has 2 aromatic carbocycles. The van der Waals surface area contributed by atoms with E-state index < -0.39 is 6.04 Å². The second kappa shape index (κ2) is 8.26. The Bertz CT molecular complexity index is 952. The van der Waals surface area contributed by atoms with Crippen LogP contribution in [0, 0.1) is 6.92 Å². The van der Waals surface area contributed by atoms with Gasteiger partial charge in [0.05, 0.1) is 22.8 Å². The van der Waals surface area contributed by atoms with E-state index in [1.807, 2.05) is 31.2 Å². The number of thiazole rings is 1. The first-order chi connectivity index (χ1) is 13.0. The lowest BCUT2D eigenvalue weighted by Gasteiger charge is -2.12. The van der Waals surface area contributed by atoms with Crippen LogP contribution in [0.2, 0.25) is 0 Å². The minimum Gasteiger partial charge on any atom is -0.346 e. The summed E-state index contributed by atoms with van der Waals surface area (Å²) in [5, 5.41) is 6.39. The van der Waals surface area contributed by atoms with Gasteiger partial charge in [-0.1, -0.05) is 18.2 Å². The van der Waals surface area contributed by atoms with Crippen molar-refractivity contribution in [1.82, 2.24) is 10.3 Å². The molecule has 0 saturated carbocycles. The van der Waals surface area contributed by atoms with E-state index in [2.05, 4.69) is 15.6 Å². The van der Waals surface area contributed by atoms with Gasteiger partial charge in [0.25, 0.3) is 5.91 Å². The fraction of sp³-hybridized carbons (Fsp3) is 0.211. The average Bonchev–Trinajstić information content (AvgIpc) is 3.09. The fourth-order valence-corrected chi connectivity index (χ4v) is 3.44. The molecule has 0 fully saturated rings. The molecular formula is C19H21N5O2S. The third-order valence-corrected chi connectivity index (χ3v) is 5.12. The number of benzene rings is 2. The summed E-state index contributed by atoms with van der Waals surface area (Å²) < 4.78 is 1.08. The van der Waals surface area contributed by atoms with Gasteiger partial charge in [0.2, 0.25) is 5.91 Å². The van der Waals surface area contributed by atoms with E-state index in [9.17, 15) is 9.59 Å². The van der Waals surface area contributed by atoms with Crippen molar-refractivity contribution in [2.75, 3.05) is 11.9 Å². The number of fused-ring (bicyclic) bond motifs is 1. The zero-order valence-corrected chi connectivity index (χ0v) is 15.7. The fourth-order valence-electron chi connectivity index (χ4n) is 2.53. The van der Waals surface area contributed by atoms with Crippen LogP contribution >= 0.6 is 11.3 Å². The molecule has 1 atom stereocenters. The maximum Gasteiger partial charge on any atom is 0.251 e. The van der Waals surface area contributed by atoms with E-state index >= 15 is 0 Å². The highest BCUT2D eigenvalue weighted by atomic mass is 32.1. The monoisotopic (exact) mass is 383 g/mol. The van der Waals surface area contributed by atoms with Gasteiger partial charge in [-0.25, -0.2) is 4.98 Å². The van der Waals surface area contributed by atoms with Crippen molar-refractivity contribution >= 4 is 39.1 Å². The zero-order valence-electron chi connectivity index (χ0n) is 14.9. The number of carbonyl (C=O) groups is 2. The van der Waals surface area contributed by atoms with E-state index in [-0.39, 0.29) is 18.4 Å². The van der Waals surface area contributed by atoms with E-state index in [4.69, 9.17) is 11.5 Å². The summed E-state index contributed by atoms with van der Waals surface area (Å²) in [7, 11) is 0. The van der Waals surface area contributed by atoms with E-state index in [0.29, 0.717) is 17.8 Å². The Labute approximate surface area is 160 Å². The molecule has 1 aromatic heterocycles. The number of hydrogen-bond acceptors (Lipinski definition) is 6. The first-order valence-corrected chi connectivity index (χ1v) is 9.29. The van der Waals surface area contributed by atoms with Crippen LogP contribution in [-0.2, 0) is 11.3 Å². The van der Waals surface area contributed by atoms with Crippen LogP contribution < -0.4 is 22.1 Å². The lowest BCUT2D eigenvalue weighted by atomic mass is 10.1. The standard InChI is InChI=1S/C19H21N5O2S/c1-11-6-7-12(23-19(26)14(21)9-20)8-13(11)18(25)22-10-17-24-15-4-2-3-5-16(15)27-17/h2-8,14H,9-10,20-21H2,1H3,(H,22,25)(H,23,26)/t14-/m0/s1. The maximum atomic E-state index is 12.6. The molecule has 0 unspecified atom stereocenters. The molecule has 140 valence electrons. The van der Waals surface area contributed by atoms with Crippen molar-refractivity contribution in [2.45, 2.75) is 19.5 Å². The Morgan fingerprint density at radius 3 is 2.74 bits per heavy atom. The van der Waals surface area contributed by atoms with E-state index in [1.165, 1.54) is 0 Å². The highest BCUT2D eigenvalue weighted by molar-refractivity contribution is 7.18. The van der Waals surface area contributed by atoms with Gasteiger partial charge in [0.1, 0.15) is 5.01 Å². The Morgan fingerprint density at radius 1 is 1.22 bits per heavy atom. The highest BCUT2D eigenvalue weighted by Crippen LogP contribution is 2.21. The first kappa shape index (κ1) is 19.0. The second-order valence-corrected chi connectivity index (χ2v) is 7.23. The van der Waals surface area contributed by atoms with Gasteiger partial charge in [-0.3, -0.25) is 9.59 Å². The Hall–Kier alpha value is -2.81. The second-order valence-electron chi connectivity index (χ2n) is 6.12. The predicted molar refractivity (Wildman–Crippen MR) is 108 cm³/mol. The molecule has 3 rings (SSSR count). The van der Waals surface area contributed by atoms with E-state index in [0.717, 1.165) is 20.8 Å². The Balaban J connectivity index is 1.70. The smallest absolute Gasteiger partial charge is 0.251 e. The number of nitrogens with one attached hydrogen (secondary N) is 2. The largest absolute Gasteiger partial charge is 0.346 e. The van der Waals surface area contributed by atoms with Crippen LogP contribution in [0.25, 0.3) is 10.2 Å². The number of carbonyl (C=O) groups excluding carboxylic acids is 2. The quantitative estimate of drug-likeness (QED) is 0.516. The van der Waals surface area contributed by atoms with Crippen molar-refractivity contribution in [3.8, 4) is 0 Å². The topological polar surface area (TPSA) is 123 Å². The summed E-state index contributed by atoms with van der Waals surface area (Å²) in [5.74, 6) is -0.617. The van der Waals surface area contributed by atoms with Gasteiger partial charge in [0.15, 0.2) is 0 Å². The molecular weight excluding hydrogens is 362 g/mol. The number of amides is 2. The summed E-state index contributed by atoms with van der Waals surface area (Å²) in [4.78, 5) is 29.0. The number of para-hydroxylation sites is 1. The molecule has 3 aromatic rings. The van der Waals surface area contributed by atoms with Crippen LogP contribution in [0.4, 0.5) is 5.69 Å². The molecule has 2 amide bonds. The summed E-state index contributed by atoms with van der Waals surface area (Å²) in [6, 6.07) is 12.2. The lowest BCUT2D eigenvalue weighted by Crippen LogP contribution is -2.41. The molecule has 1 heterocycles. The van der Waals surface area contributed by atoms with Crippen LogP contribution in [0.5, 0.6) is 0 Å². The maximum absolute atomic E-state index is 12.6. The molecule has 0 radical (unpaired) electrons. The van der Waals surface area contributed by atoms with Crippen molar-refractivity contribution < 1.29 is 9.59 Å². The predicted octanol–water partition coefficient (Wildman–Crippen LogP) is 1.76. The van der Waals surface area contributed by atoms with Crippen molar-refractivity contribution in [3.05, 3.63) is 58.6 Å². The molecule has 0 spiro atoms. The number of aryl methyl sites for hydroxylation is 1. The number of nitrogens with two attached hydrogens (primary N) is 2. The van der Waals surface area contributed by atoms with Crippen molar-refractivity contribution in [1.29, 1.82) is 0 Å². The molecule has 0 aliphatic rings. The van der Waals surface area contributed by atoms with Crippen LogP contribution in [0.1, 0.15) is 20.9 Å². The molecule has 0 bridgehead atoms. The molecule has 0 saturated heterocycles. The van der Waals surface area contributed by atoms with Crippen LogP contribution in [0.3, 0.4) is 0 Å². The zero-order chi connectivity index (χ0) is 19.4. The Morgan fingerprint density at radius 2 is 2.00 bits per heavy atom. The van der Waals surface area contributed by atoms with Gasteiger partial charge in [0, 0.05) is 17.8 Å². The summed E-state index contributed by atoms with van der Waals surface area (Å²) >= 11 is 1.55. The van der Waals surface area contributed by atoms with E-state index in [1.54, 1.807) is 29.5 Å². The Kier molecular flexibility index (Phi) is 5.80.